The molecule has 0 bridgehead atoms. The predicted octanol–water partition coefficient (Wildman–Crippen LogP) is 3.63. The summed E-state index contributed by atoms with van der Waals surface area (Å²) < 4.78 is 11.2. The number of amides is 2. The number of nitrogens with zero attached hydrogens (tertiary/aromatic N) is 3. The molecule has 1 saturated heterocycles. The number of hydrogen-bond donors (Lipinski definition) is 1. The lowest BCUT2D eigenvalue weighted by molar-refractivity contribution is -0.124. The summed E-state index contributed by atoms with van der Waals surface area (Å²) in [6, 6.07) is 19.7. The van der Waals surface area contributed by atoms with Crippen LogP contribution in [-0.2, 0) is 14.3 Å². The Hall–Kier alpha value is -4.05. The van der Waals surface area contributed by atoms with E-state index in [1.54, 1.807) is 23.9 Å². The summed E-state index contributed by atoms with van der Waals surface area (Å²) in [6.07, 6.45) is 0. The van der Waals surface area contributed by atoms with Crippen LogP contribution in [-0.4, -0.2) is 94.0 Å². The van der Waals surface area contributed by atoms with E-state index in [9.17, 15) is 14.4 Å². The van der Waals surface area contributed by atoms with E-state index in [0.717, 1.165) is 47.5 Å². The van der Waals surface area contributed by atoms with Gasteiger partial charge in [0.2, 0.25) is 0 Å². The van der Waals surface area contributed by atoms with Crippen LogP contribution in [0.2, 0.25) is 0 Å². The first-order valence-electron chi connectivity index (χ1n) is 14.7. The molecule has 2 aliphatic heterocycles. The molecule has 0 saturated carbocycles. The number of rotatable bonds is 10. The average Bonchev–Trinajstić information content (AvgIpc) is 3.02. The fraction of sp³-hybridized carbons (Fsp3) is 0.382. The summed E-state index contributed by atoms with van der Waals surface area (Å²) in [5.41, 5.74) is 6.56. The highest BCUT2D eigenvalue weighted by Gasteiger charge is 2.28. The molecule has 1 unspecified atom stereocenters. The van der Waals surface area contributed by atoms with E-state index in [-0.39, 0.29) is 43.3 Å². The molecular weight excluding hydrogens is 544 g/mol. The van der Waals surface area contributed by atoms with E-state index in [1.807, 2.05) is 50.2 Å². The molecule has 9 nitrogen and oxygen atoms in total. The molecular formula is C34H40N4O5. The molecule has 0 spiro atoms. The Balaban J connectivity index is 1.28. The number of fused-ring (bicyclic) bond motifs is 1. The number of carbonyl (C=O) groups excluding carboxylic acids is 3. The number of Topliss-reactive ketones (excluding diaryl/α,β-unsaturated/α-hetero) is 1. The quantitative estimate of drug-likeness (QED) is 0.389. The summed E-state index contributed by atoms with van der Waals surface area (Å²) in [5.74, 6) is 0.313. The molecule has 2 heterocycles. The molecule has 9 heteroatoms. The molecule has 43 heavy (non-hydrogen) atoms. The van der Waals surface area contributed by atoms with Crippen LogP contribution >= 0.6 is 0 Å². The smallest absolute Gasteiger partial charge is 0.265 e. The predicted molar refractivity (Wildman–Crippen MR) is 167 cm³/mol. The van der Waals surface area contributed by atoms with E-state index < -0.39 is 0 Å². The van der Waals surface area contributed by atoms with Crippen LogP contribution in [0.3, 0.4) is 0 Å². The Bertz CT molecular complexity index is 1460. The number of ether oxygens (including phenoxy) is 2. The van der Waals surface area contributed by atoms with Crippen LogP contribution in [0.15, 0.2) is 60.7 Å². The van der Waals surface area contributed by atoms with Gasteiger partial charge in [-0.3, -0.25) is 24.2 Å². The topological polar surface area (TPSA) is 91.4 Å². The third-order valence-corrected chi connectivity index (χ3v) is 8.13. The van der Waals surface area contributed by atoms with Gasteiger partial charge in [0.25, 0.3) is 11.8 Å². The Morgan fingerprint density at radius 3 is 2.21 bits per heavy atom. The first kappa shape index (κ1) is 30.4. The maximum Gasteiger partial charge on any atom is 0.265 e. The molecule has 0 radical (unpaired) electrons. The second-order valence-electron chi connectivity index (χ2n) is 11.5. The molecule has 2 aliphatic rings. The third-order valence-electron chi connectivity index (χ3n) is 8.13. The molecule has 0 aromatic heterocycles. The zero-order valence-electron chi connectivity index (χ0n) is 25.4. The van der Waals surface area contributed by atoms with Gasteiger partial charge < -0.3 is 19.7 Å². The number of nitrogens with one attached hydrogen (secondary N) is 1. The minimum atomic E-state index is -0.219. The summed E-state index contributed by atoms with van der Waals surface area (Å²) in [4.78, 5) is 43.7. The van der Waals surface area contributed by atoms with Crippen LogP contribution in [0.25, 0.3) is 11.1 Å². The lowest BCUT2D eigenvalue weighted by Crippen LogP contribution is -2.46. The van der Waals surface area contributed by atoms with Gasteiger partial charge in [-0.25, -0.2) is 0 Å². The van der Waals surface area contributed by atoms with E-state index in [1.165, 1.54) is 0 Å². The Kier molecular flexibility index (Phi) is 9.55. The van der Waals surface area contributed by atoms with Gasteiger partial charge in [0, 0.05) is 45.3 Å². The molecule has 3 aromatic carbocycles. The lowest BCUT2D eigenvalue weighted by atomic mass is 9.99. The van der Waals surface area contributed by atoms with Gasteiger partial charge in [0.05, 0.1) is 32.0 Å². The molecule has 2 amide bonds. The molecule has 1 atom stereocenters. The van der Waals surface area contributed by atoms with Gasteiger partial charge in [0.1, 0.15) is 5.75 Å². The fourth-order valence-electron chi connectivity index (χ4n) is 5.40. The molecule has 5 rings (SSSR count). The third kappa shape index (κ3) is 7.30. The van der Waals surface area contributed by atoms with E-state index in [2.05, 4.69) is 34.5 Å². The standard InChI is InChI=1S/C34H40N4O5/c1-23-17-31-32(18-24(23)2)43-22-33(40)38(31)20-29(39)19-35-30(21-37-13-15-42-16-14-37)27-9-5-25(6-10-27)26-7-11-28(12-8-26)34(41)36(3)4/h5-12,17-18,30,35H,13-16,19-22H2,1-4H3. The summed E-state index contributed by atoms with van der Waals surface area (Å²) >= 11 is 0. The van der Waals surface area contributed by atoms with Crippen molar-refractivity contribution >= 4 is 23.3 Å². The van der Waals surface area contributed by atoms with E-state index >= 15 is 0 Å². The molecule has 1 N–H and O–H groups in total. The first-order chi connectivity index (χ1) is 20.7. The number of morpholine rings is 1. The van der Waals surface area contributed by atoms with Crippen molar-refractivity contribution in [2.24, 2.45) is 0 Å². The van der Waals surface area contributed by atoms with Crippen LogP contribution in [0.4, 0.5) is 5.69 Å². The number of hydrogen-bond acceptors (Lipinski definition) is 7. The van der Waals surface area contributed by atoms with Crippen LogP contribution < -0.4 is 15.0 Å². The summed E-state index contributed by atoms with van der Waals surface area (Å²) in [5, 5.41) is 3.48. The van der Waals surface area contributed by atoms with Gasteiger partial charge >= 0.3 is 0 Å². The number of benzene rings is 3. The number of ketones is 1. The van der Waals surface area contributed by atoms with Crippen molar-refractivity contribution in [2.45, 2.75) is 19.9 Å². The molecule has 0 aliphatic carbocycles. The summed E-state index contributed by atoms with van der Waals surface area (Å²) in [6.45, 7) is 7.80. The van der Waals surface area contributed by atoms with Gasteiger partial charge in [-0.2, -0.15) is 0 Å². The van der Waals surface area contributed by atoms with Gasteiger partial charge in [-0.05, 0) is 65.9 Å². The van der Waals surface area contributed by atoms with Crippen LogP contribution in [0.1, 0.15) is 33.1 Å². The highest BCUT2D eigenvalue weighted by Crippen LogP contribution is 2.34. The van der Waals surface area contributed by atoms with Gasteiger partial charge in [-0.1, -0.05) is 36.4 Å². The number of anilines is 1. The van der Waals surface area contributed by atoms with Crippen molar-refractivity contribution in [1.82, 2.24) is 15.1 Å². The molecule has 226 valence electrons. The maximum absolute atomic E-state index is 13.2. The normalized spacial score (nSPS) is 15.9. The monoisotopic (exact) mass is 584 g/mol. The highest BCUT2D eigenvalue weighted by molar-refractivity contribution is 6.03. The summed E-state index contributed by atoms with van der Waals surface area (Å²) in [7, 11) is 3.49. The Morgan fingerprint density at radius 1 is 0.930 bits per heavy atom. The zero-order chi connectivity index (χ0) is 30.5. The van der Waals surface area contributed by atoms with Crippen molar-refractivity contribution in [3.63, 3.8) is 0 Å². The van der Waals surface area contributed by atoms with Gasteiger partial charge in [0.15, 0.2) is 12.4 Å². The SMILES string of the molecule is Cc1cc2c(cc1C)N(CC(=O)CNC(CN1CCOCC1)c1ccc(-c3ccc(C(=O)N(C)C)cc3)cc1)C(=O)CO2. The Labute approximate surface area is 253 Å². The molecule has 1 fully saturated rings. The zero-order valence-corrected chi connectivity index (χ0v) is 25.4. The largest absolute Gasteiger partial charge is 0.482 e. The van der Waals surface area contributed by atoms with Crippen molar-refractivity contribution < 1.29 is 23.9 Å². The minimum absolute atomic E-state index is 0.0137. The van der Waals surface area contributed by atoms with Gasteiger partial charge in [-0.15, -0.1) is 0 Å². The maximum atomic E-state index is 13.2. The average molecular weight is 585 g/mol. The van der Waals surface area contributed by atoms with E-state index in [4.69, 9.17) is 9.47 Å². The van der Waals surface area contributed by atoms with Crippen LogP contribution in [0, 0.1) is 13.8 Å². The number of aryl methyl sites for hydroxylation is 2. The second kappa shape index (κ2) is 13.5. The van der Waals surface area contributed by atoms with Crippen molar-refractivity contribution in [2.75, 3.05) is 71.5 Å². The lowest BCUT2D eigenvalue weighted by Gasteiger charge is -2.32. The first-order valence-corrected chi connectivity index (χ1v) is 14.7. The van der Waals surface area contributed by atoms with Crippen molar-refractivity contribution in [1.29, 1.82) is 0 Å². The fourth-order valence-corrected chi connectivity index (χ4v) is 5.40. The number of carbonyl (C=O) groups is 3. The minimum Gasteiger partial charge on any atom is -0.482 e. The Morgan fingerprint density at radius 2 is 1.56 bits per heavy atom. The highest BCUT2D eigenvalue weighted by atomic mass is 16.5. The molecule has 3 aromatic rings. The van der Waals surface area contributed by atoms with Crippen molar-refractivity contribution in [3.8, 4) is 16.9 Å². The van der Waals surface area contributed by atoms with E-state index in [0.29, 0.717) is 30.2 Å². The second-order valence-corrected chi connectivity index (χ2v) is 11.5. The van der Waals surface area contributed by atoms with Crippen LogP contribution in [0.5, 0.6) is 5.75 Å². The van der Waals surface area contributed by atoms with Crippen molar-refractivity contribution in [3.05, 3.63) is 82.9 Å².